The molecule has 0 atom stereocenters. The predicted molar refractivity (Wildman–Crippen MR) is 102 cm³/mol. The summed E-state index contributed by atoms with van der Waals surface area (Å²) in [5.41, 5.74) is 5.39. The molecule has 28 heavy (non-hydrogen) atoms. The third kappa shape index (κ3) is 6.17. The van der Waals surface area contributed by atoms with Crippen LogP contribution in [0.2, 0.25) is 0 Å². The van der Waals surface area contributed by atoms with Gasteiger partial charge in [-0.2, -0.15) is 0 Å². The molecule has 0 unspecified atom stereocenters. The lowest BCUT2D eigenvalue weighted by Gasteiger charge is -2.08. The molecular formula is C20H20N2O6. The Morgan fingerprint density at radius 3 is 2.39 bits per heavy atom. The normalized spacial score (nSPS) is 10.2. The van der Waals surface area contributed by atoms with Gasteiger partial charge in [-0.15, -0.1) is 0 Å². The molecule has 8 nitrogen and oxygen atoms in total. The second-order valence-corrected chi connectivity index (χ2v) is 5.42. The fourth-order valence-electron chi connectivity index (χ4n) is 2.14. The molecule has 0 aliphatic rings. The first-order valence-electron chi connectivity index (χ1n) is 8.24. The molecule has 0 spiro atoms. The van der Waals surface area contributed by atoms with Gasteiger partial charge in [0.05, 0.1) is 14.2 Å². The molecule has 0 heterocycles. The number of methoxy groups -OCH3 is 2. The average molecular weight is 384 g/mol. The number of nitrogens with one attached hydrogen (secondary N) is 2. The minimum Gasteiger partial charge on any atom is -0.497 e. The SMILES string of the molecule is COc1ccc(OC)c(C=CC(=O)OCC(=O)NNC(=O)c2ccccc2)c1. The van der Waals surface area contributed by atoms with Crippen LogP contribution in [-0.2, 0) is 14.3 Å². The molecule has 0 aliphatic carbocycles. The number of carbonyl (C=O) groups is 3. The van der Waals surface area contributed by atoms with Gasteiger partial charge in [0.1, 0.15) is 11.5 Å². The number of ether oxygens (including phenoxy) is 3. The maximum atomic E-state index is 11.8. The maximum absolute atomic E-state index is 11.8. The van der Waals surface area contributed by atoms with Crippen LogP contribution in [0, 0.1) is 0 Å². The maximum Gasteiger partial charge on any atom is 0.331 e. The summed E-state index contributed by atoms with van der Waals surface area (Å²) in [6, 6.07) is 13.5. The number of esters is 1. The fourth-order valence-corrected chi connectivity index (χ4v) is 2.14. The monoisotopic (exact) mass is 384 g/mol. The van der Waals surface area contributed by atoms with E-state index in [0.29, 0.717) is 22.6 Å². The van der Waals surface area contributed by atoms with Crippen LogP contribution in [-0.4, -0.2) is 38.6 Å². The number of amides is 2. The summed E-state index contributed by atoms with van der Waals surface area (Å²) >= 11 is 0. The van der Waals surface area contributed by atoms with Crippen molar-refractivity contribution in [3.05, 3.63) is 65.7 Å². The van der Waals surface area contributed by atoms with Gasteiger partial charge in [-0.25, -0.2) is 4.79 Å². The zero-order valence-corrected chi connectivity index (χ0v) is 15.4. The zero-order valence-electron chi connectivity index (χ0n) is 15.4. The van der Waals surface area contributed by atoms with Gasteiger partial charge in [0.2, 0.25) is 0 Å². The van der Waals surface area contributed by atoms with E-state index in [-0.39, 0.29) is 0 Å². The summed E-state index contributed by atoms with van der Waals surface area (Å²) in [5.74, 6) is -0.738. The van der Waals surface area contributed by atoms with Crippen LogP contribution in [0.25, 0.3) is 6.08 Å². The van der Waals surface area contributed by atoms with E-state index in [2.05, 4.69) is 10.9 Å². The minimum atomic E-state index is -0.727. The second-order valence-electron chi connectivity index (χ2n) is 5.42. The van der Waals surface area contributed by atoms with Crippen LogP contribution in [0.15, 0.2) is 54.6 Å². The van der Waals surface area contributed by atoms with Crippen molar-refractivity contribution < 1.29 is 28.6 Å². The Kier molecular flexibility index (Phi) is 7.59. The minimum absolute atomic E-state index is 0.384. The van der Waals surface area contributed by atoms with Gasteiger partial charge in [0, 0.05) is 17.2 Å². The Hall–Kier alpha value is -3.81. The lowest BCUT2D eigenvalue weighted by Crippen LogP contribution is -2.43. The van der Waals surface area contributed by atoms with Crippen molar-refractivity contribution in [2.75, 3.05) is 20.8 Å². The zero-order chi connectivity index (χ0) is 20.4. The highest BCUT2D eigenvalue weighted by Crippen LogP contribution is 2.25. The molecule has 0 radical (unpaired) electrons. The topological polar surface area (TPSA) is 103 Å². The number of carbonyl (C=O) groups excluding carboxylic acids is 3. The number of benzene rings is 2. The summed E-state index contributed by atoms with van der Waals surface area (Å²) in [5, 5.41) is 0. The molecule has 146 valence electrons. The van der Waals surface area contributed by atoms with Crippen LogP contribution in [0.4, 0.5) is 0 Å². The second kappa shape index (κ2) is 10.4. The van der Waals surface area contributed by atoms with E-state index >= 15 is 0 Å². The van der Waals surface area contributed by atoms with Crippen molar-refractivity contribution in [3.63, 3.8) is 0 Å². The number of hydrogen-bond acceptors (Lipinski definition) is 6. The Morgan fingerprint density at radius 1 is 0.964 bits per heavy atom. The van der Waals surface area contributed by atoms with Crippen LogP contribution in [0.5, 0.6) is 11.5 Å². The Balaban J connectivity index is 1.81. The summed E-state index contributed by atoms with van der Waals surface area (Å²) in [4.78, 5) is 35.3. The van der Waals surface area contributed by atoms with Crippen LogP contribution >= 0.6 is 0 Å². The Labute approximate surface area is 162 Å². The van der Waals surface area contributed by atoms with E-state index < -0.39 is 24.4 Å². The first-order valence-corrected chi connectivity index (χ1v) is 8.24. The van der Waals surface area contributed by atoms with Crippen molar-refractivity contribution >= 4 is 23.9 Å². The van der Waals surface area contributed by atoms with Crippen LogP contribution in [0.3, 0.4) is 0 Å². The molecule has 8 heteroatoms. The highest BCUT2D eigenvalue weighted by atomic mass is 16.5. The van der Waals surface area contributed by atoms with E-state index in [1.165, 1.54) is 20.3 Å². The number of hydrogen-bond donors (Lipinski definition) is 2. The summed E-state index contributed by atoms with van der Waals surface area (Å²) in [6.07, 6.45) is 2.64. The number of hydrazine groups is 1. The number of rotatable bonds is 7. The largest absolute Gasteiger partial charge is 0.497 e. The van der Waals surface area contributed by atoms with Gasteiger partial charge in [-0.05, 0) is 36.4 Å². The highest BCUT2D eigenvalue weighted by Gasteiger charge is 2.09. The van der Waals surface area contributed by atoms with Crippen molar-refractivity contribution in [1.29, 1.82) is 0 Å². The lowest BCUT2D eigenvalue weighted by molar-refractivity contribution is -0.144. The van der Waals surface area contributed by atoms with Gasteiger partial charge in [0.15, 0.2) is 6.61 Å². The van der Waals surface area contributed by atoms with Gasteiger partial charge in [0.25, 0.3) is 11.8 Å². The van der Waals surface area contributed by atoms with Gasteiger partial charge < -0.3 is 14.2 Å². The summed E-state index contributed by atoms with van der Waals surface area (Å²) in [7, 11) is 3.03. The van der Waals surface area contributed by atoms with E-state index in [9.17, 15) is 14.4 Å². The molecule has 0 fully saturated rings. The van der Waals surface area contributed by atoms with Crippen molar-refractivity contribution in [1.82, 2.24) is 10.9 Å². The molecule has 0 bridgehead atoms. The quantitative estimate of drug-likeness (QED) is 0.428. The van der Waals surface area contributed by atoms with Gasteiger partial charge in [-0.1, -0.05) is 18.2 Å². The molecule has 2 N–H and O–H groups in total. The molecule has 0 aliphatic heterocycles. The van der Waals surface area contributed by atoms with Crippen molar-refractivity contribution in [2.24, 2.45) is 0 Å². The van der Waals surface area contributed by atoms with E-state index in [0.717, 1.165) is 6.08 Å². The average Bonchev–Trinajstić information content (AvgIpc) is 2.74. The highest BCUT2D eigenvalue weighted by molar-refractivity contribution is 5.95. The fraction of sp³-hybridized carbons (Fsp3) is 0.150. The smallest absolute Gasteiger partial charge is 0.331 e. The third-order valence-corrected chi connectivity index (χ3v) is 3.53. The summed E-state index contributed by atoms with van der Waals surface area (Å²) in [6.45, 7) is -0.548. The Morgan fingerprint density at radius 2 is 1.71 bits per heavy atom. The van der Waals surface area contributed by atoms with Gasteiger partial charge in [-0.3, -0.25) is 20.4 Å². The van der Waals surface area contributed by atoms with E-state index in [1.54, 1.807) is 48.5 Å². The molecule has 2 aromatic rings. The first kappa shape index (κ1) is 20.5. The molecule has 0 aromatic heterocycles. The van der Waals surface area contributed by atoms with Gasteiger partial charge >= 0.3 is 5.97 Å². The predicted octanol–water partition coefficient (Wildman–Crippen LogP) is 1.72. The van der Waals surface area contributed by atoms with E-state index in [1.807, 2.05) is 0 Å². The van der Waals surface area contributed by atoms with Crippen molar-refractivity contribution in [3.8, 4) is 11.5 Å². The van der Waals surface area contributed by atoms with Crippen LogP contribution < -0.4 is 20.3 Å². The molecule has 2 aromatic carbocycles. The van der Waals surface area contributed by atoms with Crippen molar-refractivity contribution in [2.45, 2.75) is 0 Å². The Bertz CT molecular complexity index is 864. The standard InChI is InChI=1S/C20H20N2O6/c1-26-16-9-10-17(27-2)15(12-16)8-11-19(24)28-13-18(23)21-22-20(25)14-6-4-3-5-7-14/h3-12H,13H2,1-2H3,(H,21,23)(H,22,25). The molecule has 0 saturated heterocycles. The summed E-state index contributed by atoms with van der Waals surface area (Å²) < 4.78 is 15.2. The molecule has 2 amide bonds. The molecule has 2 rings (SSSR count). The van der Waals surface area contributed by atoms with E-state index in [4.69, 9.17) is 14.2 Å². The van der Waals surface area contributed by atoms with Crippen LogP contribution in [0.1, 0.15) is 15.9 Å². The molecule has 0 saturated carbocycles. The lowest BCUT2D eigenvalue weighted by atomic mass is 10.1. The third-order valence-electron chi connectivity index (χ3n) is 3.53. The molecular weight excluding hydrogens is 364 g/mol. The first-order chi connectivity index (χ1) is 13.5.